The van der Waals surface area contributed by atoms with Crippen LogP contribution in [0, 0.1) is 0 Å². The van der Waals surface area contributed by atoms with Crippen LogP contribution in [0.1, 0.15) is 12.1 Å². The van der Waals surface area contributed by atoms with Gasteiger partial charge in [0.2, 0.25) is 0 Å². The fraction of sp³-hybridized carbons (Fsp3) is 0.556. The van der Waals surface area contributed by atoms with Gasteiger partial charge >= 0.3 is 6.18 Å². The summed E-state index contributed by atoms with van der Waals surface area (Å²) in [6.07, 6.45) is -3.62. The SMILES string of the molecule is FC(F)(F)c1ccc(NC2CCOC2)nn1. The van der Waals surface area contributed by atoms with Gasteiger partial charge in [0.15, 0.2) is 5.69 Å². The second kappa shape index (κ2) is 4.25. The molecule has 1 N–H and O–H groups in total. The van der Waals surface area contributed by atoms with Crippen molar-refractivity contribution >= 4 is 5.82 Å². The lowest BCUT2D eigenvalue weighted by Crippen LogP contribution is -2.20. The van der Waals surface area contributed by atoms with Crippen LogP contribution in [0.15, 0.2) is 12.1 Å². The van der Waals surface area contributed by atoms with Gasteiger partial charge in [-0.1, -0.05) is 0 Å². The van der Waals surface area contributed by atoms with E-state index in [1.165, 1.54) is 6.07 Å². The minimum atomic E-state index is -4.44. The normalized spacial score (nSPS) is 21.1. The molecule has 0 saturated carbocycles. The molecule has 1 unspecified atom stereocenters. The molecule has 0 spiro atoms. The van der Waals surface area contributed by atoms with Crippen molar-refractivity contribution in [1.29, 1.82) is 0 Å². The Morgan fingerprint density at radius 3 is 2.62 bits per heavy atom. The highest BCUT2D eigenvalue weighted by Gasteiger charge is 2.32. The van der Waals surface area contributed by atoms with Crippen LogP contribution in [0.2, 0.25) is 0 Å². The Kier molecular flexibility index (Phi) is 2.95. The van der Waals surface area contributed by atoms with E-state index in [1.807, 2.05) is 0 Å². The fourth-order valence-corrected chi connectivity index (χ4v) is 1.42. The molecule has 0 aliphatic carbocycles. The third-order valence-corrected chi connectivity index (χ3v) is 2.24. The molecule has 1 aromatic heterocycles. The summed E-state index contributed by atoms with van der Waals surface area (Å²) in [5, 5.41) is 9.54. The molecule has 16 heavy (non-hydrogen) atoms. The molecule has 1 atom stereocenters. The minimum absolute atomic E-state index is 0.103. The number of hydrogen-bond acceptors (Lipinski definition) is 4. The molecule has 0 radical (unpaired) electrons. The highest BCUT2D eigenvalue weighted by molar-refractivity contribution is 5.34. The summed E-state index contributed by atoms with van der Waals surface area (Å²) in [6.45, 7) is 1.20. The van der Waals surface area contributed by atoms with Crippen LogP contribution in [-0.4, -0.2) is 29.5 Å². The Balaban J connectivity index is 2.01. The number of aromatic nitrogens is 2. The third-order valence-electron chi connectivity index (χ3n) is 2.24. The summed E-state index contributed by atoms with van der Waals surface area (Å²) in [5.41, 5.74) is -0.985. The molecule has 0 bridgehead atoms. The van der Waals surface area contributed by atoms with Crippen LogP contribution >= 0.6 is 0 Å². The minimum Gasteiger partial charge on any atom is -0.379 e. The molecular weight excluding hydrogens is 223 g/mol. The van der Waals surface area contributed by atoms with Gasteiger partial charge in [-0.3, -0.25) is 0 Å². The van der Waals surface area contributed by atoms with Gasteiger partial charge in [-0.15, -0.1) is 10.2 Å². The summed E-state index contributed by atoms with van der Waals surface area (Å²) in [7, 11) is 0. The third kappa shape index (κ3) is 2.60. The molecule has 0 amide bonds. The van der Waals surface area contributed by atoms with E-state index in [0.29, 0.717) is 19.0 Å². The smallest absolute Gasteiger partial charge is 0.379 e. The lowest BCUT2D eigenvalue weighted by Gasteiger charge is -2.11. The number of halogens is 3. The average Bonchev–Trinajstić information content (AvgIpc) is 2.70. The summed E-state index contributed by atoms with van der Waals surface area (Å²) < 4.78 is 41.7. The van der Waals surface area contributed by atoms with E-state index in [1.54, 1.807) is 0 Å². The number of anilines is 1. The highest BCUT2D eigenvalue weighted by atomic mass is 19.4. The summed E-state index contributed by atoms with van der Waals surface area (Å²) in [4.78, 5) is 0. The Morgan fingerprint density at radius 1 is 1.31 bits per heavy atom. The van der Waals surface area contributed by atoms with Crippen molar-refractivity contribution in [3.8, 4) is 0 Å². The zero-order valence-electron chi connectivity index (χ0n) is 8.29. The van der Waals surface area contributed by atoms with Crippen LogP contribution in [0.25, 0.3) is 0 Å². The van der Waals surface area contributed by atoms with Crippen LogP contribution in [0.4, 0.5) is 19.0 Å². The van der Waals surface area contributed by atoms with Crippen molar-refractivity contribution in [1.82, 2.24) is 10.2 Å². The molecule has 1 aliphatic rings. The quantitative estimate of drug-likeness (QED) is 0.844. The van der Waals surface area contributed by atoms with Gasteiger partial charge in [0.1, 0.15) is 5.82 Å². The predicted octanol–water partition coefficient (Wildman–Crippen LogP) is 1.70. The van der Waals surface area contributed by atoms with Crippen molar-refractivity contribution in [3.05, 3.63) is 17.8 Å². The van der Waals surface area contributed by atoms with E-state index in [0.717, 1.165) is 12.5 Å². The number of nitrogens with one attached hydrogen (secondary N) is 1. The first kappa shape index (κ1) is 11.1. The molecule has 88 valence electrons. The molecule has 2 rings (SSSR count). The van der Waals surface area contributed by atoms with E-state index in [-0.39, 0.29) is 6.04 Å². The van der Waals surface area contributed by atoms with Gasteiger partial charge in [0.25, 0.3) is 0 Å². The fourth-order valence-electron chi connectivity index (χ4n) is 1.42. The van der Waals surface area contributed by atoms with E-state index in [4.69, 9.17) is 4.74 Å². The van der Waals surface area contributed by atoms with E-state index >= 15 is 0 Å². The number of hydrogen-bond donors (Lipinski definition) is 1. The van der Waals surface area contributed by atoms with E-state index in [9.17, 15) is 13.2 Å². The second-order valence-corrected chi connectivity index (χ2v) is 3.51. The summed E-state index contributed by atoms with van der Waals surface area (Å²) in [6, 6.07) is 2.28. The topological polar surface area (TPSA) is 47.0 Å². The molecular formula is C9H10F3N3O. The van der Waals surface area contributed by atoms with Crippen molar-refractivity contribution in [2.75, 3.05) is 18.5 Å². The van der Waals surface area contributed by atoms with Crippen molar-refractivity contribution in [2.24, 2.45) is 0 Å². The van der Waals surface area contributed by atoms with Gasteiger partial charge in [0, 0.05) is 6.61 Å². The Hall–Kier alpha value is -1.37. The first-order valence-corrected chi connectivity index (χ1v) is 4.81. The van der Waals surface area contributed by atoms with Crippen molar-refractivity contribution in [3.63, 3.8) is 0 Å². The number of ether oxygens (including phenoxy) is 1. The van der Waals surface area contributed by atoms with Crippen LogP contribution in [-0.2, 0) is 10.9 Å². The van der Waals surface area contributed by atoms with Gasteiger partial charge in [-0.2, -0.15) is 13.2 Å². The zero-order valence-corrected chi connectivity index (χ0v) is 8.29. The Labute approximate surface area is 89.8 Å². The summed E-state index contributed by atoms with van der Waals surface area (Å²) >= 11 is 0. The van der Waals surface area contributed by atoms with Crippen LogP contribution < -0.4 is 5.32 Å². The number of rotatable bonds is 2. The number of alkyl halides is 3. The maximum Gasteiger partial charge on any atom is 0.435 e. The average molecular weight is 233 g/mol. The van der Waals surface area contributed by atoms with Crippen LogP contribution in [0.3, 0.4) is 0 Å². The standard InChI is InChI=1S/C9H10F3N3O/c10-9(11,12)7-1-2-8(15-14-7)13-6-3-4-16-5-6/h1-2,6H,3-5H2,(H,13,15). The van der Waals surface area contributed by atoms with Crippen molar-refractivity contribution < 1.29 is 17.9 Å². The summed E-state index contributed by atoms with van der Waals surface area (Å²) in [5.74, 6) is 0.337. The molecule has 1 fully saturated rings. The van der Waals surface area contributed by atoms with Gasteiger partial charge in [0.05, 0.1) is 12.6 Å². The lowest BCUT2D eigenvalue weighted by atomic mass is 10.2. The predicted molar refractivity (Wildman–Crippen MR) is 49.9 cm³/mol. The molecule has 1 aromatic rings. The first-order valence-electron chi connectivity index (χ1n) is 4.81. The molecule has 7 heteroatoms. The second-order valence-electron chi connectivity index (χ2n) is 3.51. The number of nitrogens with zero attached hydrogens (tertiary/aromatic N) is 2. The largest absolute Gasteiger partial charge is 0.435 e. The highest BCUT2D eigenvalue weighted by Crippen LogP contribution is 2.27. The van der Waals surface area contributed by atoms with E-state index in [2.05, 4.69) is 15.5 Å². The molecule has 1 saturated heterocycles. The van der Waals surface area contributed by atoms with Gasteiger partial charge in [-0.05, 0) is 18.6 Å². The van der Waals surface area contributed by atoms with Gasteiger partial charge in [-0.25, -0.2) is 0 Å². The molecule has 0 aromatic carbocycles. The Morgan fingerprint density at radius 2 is 2.12 bits per heavy atom. The monoisotopic (exact) mass is 233 g/mol. The lowest BCUT2D eigenvalue weighted by molar-refractivity contribution is -0.141. The maximum atomic E-state index is 12.2. The van der Waals surface area contributed by atoms with E-state index < -0.39 is 11.9 Å². The Bertz CT molecular complexity index is 346. The van der Waals surface area contributed by atoms with Crippen molar-refractivity contribution in [2.45, 2.75) is 18.6 Å². The molecule has 2 heterocycles. The molecule has 1 aliphatic heterocycles. The zero-order chi connectivity index (χ0) is 11.6. The first-order chi connectivity index (χ1) is 7.55. The molecule has 4 nitrogen and oxygen atoms in total. The van der Waals surface area contributed by atoms with Crippen LogP contribution in [0.5, 0.6) is 0 Å². The van der Waals surface area contributed by atoms with Gasteiger partial charge < -0.3 is 10.1 Å². The maximum absolute atomic E-state index is 12.2.